The summed E-state index contributed by atoms with van der Waals surface area (Å²) in [6.45, 7) is 8.79. The van der Waals surface area contributed by atoms with Crippen LogP contribution in [0.3, 0.4) is 0 Å². The molecule has 0 aromatic heterocycles. The van der Waals surface area contributed by atoms with Crippen LogP contribution in [-0.2, 0) is 4.79 Å². The molecule has 0 aromatic rings. The van der Waals surface area contributed by atoms with E-state index < -0.39 is 0 Å². The third kappa shape index (κ3) is 5.10. The molecular weight excluding hydrogens is 210 g/mol. The van der Waals surface area contributed by atoms with Crippen molar-refractivity contribution in [2.75, 3.05) is 13.1 Å². The highest BCUT2D eigenvalue weighted by Crippen LogP contribution is 2.24. The van der Waals surface area contributed by atoms with Gasteiger partial charge >= 0.3 is 0 Å². The molecule has 1 aliphatic rings. The van der Waals surface area contributed by atoms with Gasteiger partial charge in [-0.05, 0) is 31.1 Å². The number of carbonyl (C=O) groups is 1. The zero-order valence-electron chi connectivity index (χ0n) is 11.9. The first kappa shape index (κ1) is 14.5. The van der Waals surface area contributed by atoms with Gasteiger partial charge in [-0.1, -0.05) is 40.0 Å². The standard InChI is InChI=1S/C15H29NO/c1-4-5-6-7-8-15(17)16-11-9-14(10-12-16)13(2)3/h13-14H,4-12H2,1-3H3. The Morgan fingerprint density at radius 3 is 2.35 bits per heavy atom. The molecule has 100 valence electrons. The van der Waals surface area contributed by atoms with Crippen LogP contribution in [0.25, 0.3) is 0 Å². The number of piperidine rings is 1. The number of amides is 1. The highest BCUT2D eigenvalue weighted by atomic mass is 16.2. The molecule has 0 radical (unpaired) electrons. The second kappa shape index (κ2) is 7.73. The first-order valence-corrected chi connectivity index (χ1v) is 7.43. The van der Waals surface area contributed by atoms with Gasteiger partial charge in [0.1, 0.15) is 0 Å². The van der Waals surface area contributed by atoms with Gasteiger partial charge in [-0.2, -0.15) is 0 Å². The Labute approximate surface area is 107 Å². The predicted molar refractivity (Wildman–Crippen MR) is 72.9 cm³/mol. The molecule has 1 amide bonds. The average Bonchev–Trinajstić information content (AvgIpc) is 2.34. The molecule has 1 saturated heterocycles. The van der Waals surface area contributed by atoms with Crippen LogP contribution >= 0.6 is 0 Å². The molecule has 0 aliphatic carbocycles. The van der Waals surface area contributed by atoms with E-state index in [1.807, 2.05) is 0 Å². The van der Waals surface area contributed by atoms with Gasteiger partial charge in [-0.15, -0.1) is 0 Å². The second-order valence-electron chi connectivity index (χ2n) is 5.77. The van der Waals surface area contributed by atoms with Gasteiger partial charge in [0.25, 0.3) is 0 Å². The van der Waals surface area contributed by atoms with E-state index in [1.165, 1.54) is 32.1 Å². The number of carbonyl (C=O) groups excluding carboxylic acids is 1. The first-order chi connectivity index (χ1) is 8.15. The van der Waals surface area contributed by atoms with Crippen LogP contribution in [0, 0.1) is 11.8 Å². The number of hydrogen-bond acceptors (Lipinski definition) is 1. The van der Waals surface area contributed by atoms with Gasteiger partial charge in [0.05, 0.1) is 0 Å². The van der Waals surface area contributed by atoms with Crippen molar-refractivity contribution in [3.05, 3.63) is 0 Å². The number of hydrogen-bond donors (Lipinski definition) is 0. The van der Waals surface area contributed by atoms with Gasteiger partial charge in [0, 0.05) is 19.5 Å². The van der Waals surface area contributed by atoms with E-state index in [0.717, 1.165) is 37.8 Å². The van der Waals surface area contributed by atoms with Gasteiger partial charge in [-0.3, -0.25) is 4.79 Å². The van der Waals surface area contributed by atoms with E-state index in [4.69, 9.17) is 0 Å². The lowest BCUT2D eigenvalue weighted by Gasteiger charge is -2.34. The molecule has 1 rings (SSSR count). The lowest BCUT2D eigenvalue weighted by Crippen LogP contribution is -2.39. The fourth-order valence-electron chi connectivity index (χ4n) is 2.68. The summed E-state index contributed by atoms with van der Waals surface area (Å²) in [6, 6.07) is 0. The average molecular weight is 239 g/mol. The summed E-state index contributed by atoms with van der Waals surface area (Å²) < 4.78 is 0. The van der Waals surface area contributed by atoms with Gasteiger partial charge in [-0.25, -0.2) is 0 Å². The normalized spacial score (nSPS) is 17.8. The molecule has 0 unspecified atom stereocenters. The monoisotopic (exact) mass is 239 g/mol. The van der Waals surface area contributed by atoms with Crippen molar-refractivity contribution in [2.24, 2.45) is 11.8 Å². The molecule has 17 heavy (non-hydrogen) atoms. The maximum Gasteiger partial charge on any atom is 0.222 e. The molecule has 0 N–H and O–H groups in total. The van der Waals surface area contributed by atoms with Crippen LogP contribution in [0.5, 0.6) is 0 Å². The van der Waals surface area contributed by atoms with E-state index in [-0.39, 0.29) is 0 Å². The highest BCUT2D eigenvalue weighted by Gasteiger charge is 2.23. The van der Waals surface area contributed by atoms with Gasteiger partial charge in [0.2, 0.25) is 5.91 Å². The fourth-order valence-corrected chi connectivity index (χ4v) is 2.68. The smallest absolute Gasteiger partial charge is 0.222 e. The largest absolute Gasteiger partial charge is 0.343 e. The van der Waals surface area contributed by atoms with Crippen molar-refractivity contribution in [1.29, 1.82) is 0 Å². The molecule has 0 aromatic carbocycles. The van der Waals surface area contributed by atoms with Crippen molar-refractivity contribution in [1.82, 2.24) is 4.90 Å². The molecular formula is C15H29NO. The van der Waals surface area contributed by atoms with E-state index in [1.54, 1.807) is 0 Å². The van der Waals surface area contributed by atoms with Crippen molar-refractivity contribution < 1.29 is 4.79 Å². The zero-order chi connectivity index (χ0) is 12.7. The Kier molecular flexibility index (Phi) is 6.61. The molecule has 0 spiro atoms. The SMILES string of the molecule is CCCCCCC(=O)N1CCC(C(C)C)CC1. The summed E-state index contributed by atoms with van der Waals surface area (Å²) in [6.07, 6.45) is 7.99. The second-order valence-corrected chi connectivity index (χ2v) is 5.77. The number of unbranched alkanes of at least 4 members (excludes halogenated alkanes) is 3. The summed E-state index contributed by atoms with van der Waals surface area (Å²) in [5.74, 6) is 2.00. The molecule has 1 aliphatic heterocycles. The zero-order valence-corrected chi connectivity index (χ0v) is 11.9. The molecule has 0 bridgehead atoms. The summed E-state index contributed by atoms with van der Waals surface area (Å²) in [4.78, 5) is 14.1. The van der Waals surface area contributed by atoms with Crippen LogP contribution < -0.4 is 0 Å². The Hall–Kier alpha value is -0.530. The fraction of sp³-hybridized carbons (Fsp3) is 0.933. The van der Waals surface area contributed by atoms with E-state index in [2.05, 4.69) is 25.7 Å². The van der Waals surface area contributed by atoms with Crippen LogP contribution in [0.1, 0.15) is 65.7 Å². The van der Waals surface area contributed by atoms with Crippen LogP contribution in [0.15, 0.2) is 0 Å². The lowest BCUT2D eigenvalue weighted by atomic mass is 9.86. The minimum absolute atomic E-state index is 0.392. The van der Waals surface area contributed by atoms with E-state index in [9.17, 15) is 4.79 Å². The molecule has 1 heterocycles. The highest BCUT2D eigenvalue weighted by molar-refractivity contribution is 5.76. The van der Waals surface area contributed by atoms with Crippen molar-refractivity contribution in [3.63, 3.8) is 0 Å². The Morgan fingerprint density at radius 2 is 1.82 bits per heavy atom. The summed E-state index contributed by atoms with van der Waals surface area (Å²) in [5.41, 5.74) is 0. The number of nitrogens with zero attached hydrogens (tertiary/aromatic N) is 1. The Balaban J connectivity index is 2.17. The maximum atomic E-state index is 12.0. The molecule has 1 fully saturated rings. The van der Waals surface area contributed by atoms with Crippen molar-refractivity contribution in [3.8, 4) is 0 Å². The van der Waals surface area contributed by atoms with Crippen LogP contribution in [-0.4, -0.2) is 23.9 Å². The third-order valence-electron chi connectivity index (χ3n) is 4.08. The van der Waals surface area contributed by atoms with E-state index >= 15 is 0 Å². The third-order valence-corrected chi connectivity index (χ3v) is 4.08. The Morgan fingerprint density at radius 1 is 1.18 bits per heavy atom. The van der Waals surface area contributed by atoms with Crippen molar-refractivity contribution >= 4 is 5.91 Å². The topological polar surface area (TPSA) is 20.3 Å². The maximum absolute atomic E-state index is 12.0. The number of likely N-dealkylation sites (tertiary alicyclic amines) is 1. The van der Waals surface area contributed by atoms with Crippen LogP contribution in [0.2, 0.25) is 0 Å². The molecule has 2 heteroatoms. The molecule has 0 atom stereocenters. The van der Waals surface area contributed by atoms with E-state index in [0.29, 0.717) is 5.91 Å². The predicted octanol–water partition coefficient (Wildman–Crippen LogP) is 3.85. The van der Waals surface area contributed by atoms with Crippen molar-refractivity contribution in [2.45, 2.75) is 65.7 Å². The minimum Gasteiger partial charge on any atom is -0.343 e. The first-order valence-electron chi connectivity index (χ1n) is 7.43. The van der Waals surface area contributed by atoms with Gasteiger partial charge in [0.15, 0.2) is 0 Å². The summed E-state index contributed by atoms with van der Waals surface area (Å²) in [7, 11) is 0. The molecule has 2 nitrogen and oxygen atoms in total. The lowest BCUT2D eigenvalue weighted by molar-refractivity contribution is -0.132. The summed E-state index contributed by atoms with van der Waals surface area (Å²) >= 11 is 0. The Bertz CT molecular complexity index is 217. The number of rotatable bonds is 6. The van der Waals surface area contributed by atoms with Crippen LogP contribution in [0.4, 0.5) is 0 Å². The minimum atomic E-state index is 0.392. The van der Waals surface area contributed by atoms with Gasteiger partial charge < -0.3 is 4.90 Å². The summed E-state index contributed by atoms with van der Waals surface area (Å²) in [5, 5.41) is 0. The quantitative estimate of drug-likeness (QED) is 0.645. The molecule has 0 saturated carbocycles.